The van der Waals surface area contributed by atoms with Gasteiger partial charge in [-0.1, -0.05) is 23.4 Å². The lowest BCUT2D eigenvalue weighted by atomic mass is 10.1. The molecule has 0 atom stereocenters. The molecule has 0 saturated carbocycles. The van der Waals surface area contributed by atoms with Crippen LogP contribution >= 0.6 is 0 Å². The van der Waals surface area contributed by atoms with E-state index in [9.17, 15) is 4.79 Å². The van der Waals surface area contributed by atoms with Crippen LogP contribution in [0.4, 0.5) is 0 Å². The Kier molecular flexibility index (Phi) is 1.68. The van der Waals surface area contributed by atoms with Crippen LogP contribution in [0.25, 0.3) is 21.9 Å². The van der Waals surface area contributed by atoms with Crippen LogP contribution in [-0.4, -0.2) is 9.72 Å². The average molecular weight is 214 g/mol. The van der Waals surface area contributed by atoms with Gasteiger partial charge in [-0.3, -0.25) is 4.79 Å². The topological polar surface area (TPSA) is 48.0 Å². The van der Waals surface area contributed by atoms with Gasteiger partial charge < -0.3 is 9.09 Å². The highest BCUT2D eigenvalue weighted by Crippen LogP contribution is 2.24. The summed E-state index contributed by atoms with van der Waals surface area (Å²) in [5.41, 5.74) is 1.84. The number of pyridine rings is 1. The molecule has 0 spiro atoms. The van der Waals surface area contributed by atoms with Crippen molar-refractivity contribution in [3.63, 3.8) is 0 Å². The van der Waals surface area contributed by atoms with Crippen molar-refractivity contribution in [1.29, 1.82) is 0 Å². The lowest BCUT2D eigenvalue weighted by molar-refractivity contribution is 0.446. The second kappa shape index (κ2) is 2.95. The van der Waals surface area contributed by atoms with Gasteiger partial charge in [0.25, 0.3) is 5.56 Å². The Morgan fingerprint density at radius 3 is 2.88 bits per heavy atom. The van der Waals surface area contributed by atoms with Gasteiger partial charge in [0.1, 0.15) is 0 Å². The van der Waals surface area contributed by atoms with Crippen molar-refractivity contribution in [2.45, 2.75) is 6.92 Å². The van der Waals surface area contributed by atoms with Gasteiger partial charge >= 0.3 is 0 Å². The molecule has 0 fully saturated rings. The van der Waals surface area contributed by atoms with Gasteiger partial charge in [-0.15, -0.1) is 0 Å². The Morgan fingerprint density at radius 1 is 1.31 bits per heavy atom. The Balaban J connectivity index is 2.77. The van der Waals surface area contributed by atoms with Crippen molar-refractivity contribution in [3.8, 4) is 0 Å². The Morgan fingerprint density at radius 2 is 2.06 bits per heavy atom. The van der Waals surface area contributed by atoms with E-state index in [1.54, 1.807) is 11.6 Å². The first-order chi connectivity index (χ1) is 7.70. The summed E-state index contributed by atoms with van der Waals surface area (Å²) in [4.78, 5) is 12.0. The zero-order valence-electron chi connectivity index (χ0n) is 9.02. The fourth-order valence-electron chi connectivity index (χ4n) is 2.07. The summed E-state index contributed by atoms with van der Waals surface area (Å²) < 4.78 is 6.67. The van der Waals surface area contributed by atoms with Crippen LogP contribution in [0.5, 0.6) is 0 Å². The molecule has 0 bridgehead atoms. The predicted molar refractivity (Wildman–Crippen MR) is 61.5 cm³/mol. The van der Waals surface area contributed by atoms with Crippen molar-refractivity contribution >= 4 is 21.9 Å². The van der Waals surface area contributed by atoms with Crippen LogP contribution in [0, 0.1) is 6.92 Å². The molecule has 2 aromatic heterocycles. The second-order valence-corrected chi connectivity index (χ2v) is 3.85. The van der Waals surface area contributed by atoms with E-state index < -0.39 is 0 Å². The molecule has 16 heavy (non-hydrogen) atoms. The third-order valence-electron chi connectivity index (χ3n) is 2.90. The fraction of sp³-hybridized carbons (Fsp3) is 0.167. The summed E-state index contributed by atoms with van der Waals surface area (Å²) >= 11 is 0. The van der Waals surface area contributed by atoms with E-state index in [0.717, 1.165) is 22.0 Å². The van der Waals surface area contributed by atoms with Crippen molar-refractivity contribution in [2.75, 3.05) is 0 Å². The van der Waals surface area contributed by atoms with E-state index in [1.165, 1.54) is 0 Å². The molecule has 0 aliphatic rings. The monoisotopic (exact) mass is 214 g/mol. The van der Waals surface area contributed by atoms with Crippen molar-refractivity contribution in [2.24, 2.45) is 7.05 Å². The third kappa shape index (κ3) is 0.984. The molecule has 0 N–H and O–H groups in total. The van der Waals surface area contributed by atoms with Gasteiger partial charge in [-0.2, -0.15) is 0 Å². The molecule has 0 radical (unpaired) electrons. The van der Waals surface area contributed by atoms with Crippen LogP contribution in [-0.2, 0) is 7.05 Å². The van der Waals surface area contributed by atoms with Gasteiger partial charge in [-0.25, -0.2) is 0 Å². The molecule has 0 aliphatic carbocycles. The molecular weight excluding hydrogens is 204 g/mol. The summed E-state index contributed by atoms with van der Waals surface area (Å²) in [5, 5.41) is 5.68. The van der Waals surface area contributed by atoms with Crippen molar-refractivity contribution < 1.29 is 4.52 Å². The summed E-state index contributed by atoms with van der Waals surface area (Å²) in [6.45, 7) is 1.84. The molecule has 2 heterocycles. The van der Waals surface area contributed by atoms with Crippen LogP contribution in [0.1, 0.15) is 5.69 Å². The third-order valence-corrected chi connectivity index (χ3v) is 2.90. The maximum atomic E-state index is 12.0. The quantitative estimate of drug-likeness (QED) is 0.575. The van der Waals surface area contributed by atoms with E-state index in [2.05, 4.69) is 5.16 Å². The van der Waals surface area contributed by atoms with E-state index in [1.807, 2.05) is 31.2 Å². The summed E-state index contributed by atoms with van der Waals surface area (Å²) in [7, 11) is 1.74. The summed E-state index contributed by atoms with van der Waals surface area (Å²) in [6.07, 6.45) is 0. The van der Waals surface area contributed by atoms with Crippen LogP contribution in [0.2, 0.25) is 0 Å². The number of aromatic nitrogens is 2. The van der Waals surface area contributed by atoms with E-state index in [4.69, 9.17) is 4.52 Å². The standard InChI is InChI=1S/C12H10N2O2/c1-7-10-8-5-3-4-6-9(8)14(2)12(15)11(10)16-13-7/h3-6H,1-2H3. The first-order valence-electron chi connectivity index (χ1n) is 5.04. The molecule has 4 nitrogen and oxygen atoms in total. The molecular formula is C12H10N2O2. The van der Waals surface area contributed by atoms with E-state index in [-0.39, 0.29) is 5.56 Å². The molecule has 0 aliphatic heterocycles. The molecule has 0 saturated heterocycles. The highest BCUT2D eigenvalue weighted by Gasteiger charge is 2.14. The molecule has 0 amide bonds. The van der Waals surface area contributed by atoms with Crippen LogP contribution in [0.15, 0.2) is 33.6 Å². The van der Waals surface area contributed by atoms with Gasteiger partial charge in [0.2, 0.25) is 5.58 Å². The number of para-hydroxylation sites is 1. The number of hydrogen-bond acceptors (Lipinski definition) is 3. The van der Waals surface area contributed by atoms with Gasteiger partial charge in [0.15, 0.2) is 0 Å². The maximum Gasteiger partial charge on any atom is 0.297 e. The number of rotatable bonds is 0. The normalized spacial score (nSPS) is 11.4. The first kappa shape index (κ1) is 9.15. The zero-order chi connectivity index (χ0) is 11.3. The molecule has 80 valence electrons. The van der Waals surface area contributed by atoms with Crippen LogP contribution < -0.4 is 5.56 Å². The Labute approximate surface area is 91.1 Å². The highest BCUT2D eigenvalue weighted by atomic mass is 16.5. The second-order valence-electron chi connectivity index (χ2n) is 3.85. The Hall–Kier alpha value is -2.10. The largest absolute Gasteiger partial charge is 0.350 e. The number of nitrogens with zero attached hydrogens (tertiary/aromatic N) is 2. The highest BCUT2D eigenvalue weighted by molar-refractivity contribution is 6.04. The van der Waals surface area contributed by atoms with E-state index in [0.29, 0.717) is 5.58 Å². The summed E-state index contributed by atoms with van der Waals surface area (Å²) in [6, 6.07) is 7.75. The smallest absolute Gasteiger partial charge is 0.297 e. The average Bonchev–Trinajstić information content (AvgIpc) is 2.69. The number of fused-ring (bicyclic) bond motifs is 3. The van der Waals surface area contributed by atoms with Gasteiger partial charge in [0, 0.05) is 12.4 Å². The first-order valence-corrected chi connectivity index (χ1v) is 5.04. The Bertz CT molecular complexity index is 753. The fourth-order valence-corrected chi connectivity index (χ4v) is 2.07. The summed E-state index contributed by atoms with van der Waals surface area (Å²) in [5.74, 6) is 0. The molecule has 3 rings (SSSR count). The minimum absolute atomic E-state index is 0.144. The van der Waals surface area contributed by atoms with Crippen molar-refractivity contribution in [3.05, 3.63) is 40.3 Å². The van der Waals surface area contributed by atoms with Gasteiger partial charge in [0.05, 0.1) is 16.6 Å². The molecule has 0 unspecified atom stereocenters. The zero-order valence-corrected chi connectivity index (χ0v) is 9.02. The lowest BCUT2D eigenvalue weighted by Gasteiger charge is -2.04. The molecule has 4 heteroatoms. The van der Waals surface area contributed by atoms with Gasteiger partial charge in [-0.05, 0) is 13.0 Å². The predicted octanol–water partition coefficient (Wildman–Crippen LogP) is 1.99. The molecule has 3 aromatic rings. The van der Waals surface area contributed by atoms with E-state index >= 15 is 0 Å². The number of benzene rings is 1. The molecule has 1 aromatic carbocycles. The van der Waals surface area contributed by atoms with Crippen LogP contribution in [0.3, 0.4) is 0 Å². The lowest BCUT2D eigenvalue weighted by Crippen LogP contribution is -2.16. The minimum Gasteiger partial charge on any atom is -0.350 e. The maximum absolute atomic E-state index is 12.0. The number of aryl methyl sites for hydroxylation is 2. The minimum atomic E-state index is -0.144. The number of hydrogen-bond donors (Lipinski definition) is 0. The SMILES string of the molecule is Cc1noc2c(=O)n(C)c3ccccc3c12. The van der Waals surface area contributed by atoms with Crippen molar-refractivity contribution in [1.82, 2.24) is 9.72 Å².